The fraction of sp³-hybridized carbons (Fsp3) is 0.200. The zero-order chi connectivity index (χ0) is 17.9. The van der Waals surface area contributed by atoms with E-state index in [9.17, 15) is 4.79 Å². The molecule has 6 heteroatoms. The maximum Gasteiger partial charge on any atom is 0.247 e. The zero-order valence-corrected chi connectivity index (χ0v) is 14.4. The summed E-state index contributed by atoms with van der Waals surface area (Å²) in [5, 5.41) is 3.30. The lowest BCUT2D eigenvalue weighted by Crippen LogP contribution is -2.20. The second-order valence-corrected chi connectivity index (χ2v) is 6.37. The summed E-state index contributed by atoms with van der Waals surface area (Å²) < 4.78 is 0. The lowest BCUT2D eigenvalue weighted by atomic mass is 10.0. The Morgan fingerprint density at radius 1 is 1.15 bits per heavy atom. The third kappa shape index (κ3) is 3.54. The molecule has 2 N–H and O–H groups in total. The van der Waals surface area contributed by atoms with Crippen LogP contribution >= 0.6 is 0 Å². The molecule has 0 radical (unpaired) electrons. The number of aromatic nitrogens is 1. The molecule has 2 aliphatic rings. The fourth-order valence-corrected chi connectivity index (χ4v) is 2.95. The van der Waals surface area contributed by atoms with Crippen molar-refractivity contribution in [3.8, 4) is 0 Å². The fourth-order valence-electron chi connectivity index (χ4n) is 2.95. The second-order valence-electron chi connectivity index (χ2n) is 6.37. The van der Waals surface area contributed by atoms with Crippen molar-refractivity contribution < 1.29 is 0 Å². The normalized spacial score (nSPS) is 19.0. The van der Waals surface area contributed by atoms with Crippen molar-refractivity contribution in [1.29, 1.82) is 0 Å². The topological polar surface area (TPSA) is 82.0 Å². The van der Waals surface area contributed by atoms with E-state index in [4.69, 9.17) is 9.98 Å². The minimum absolute atomic E-state index is 0.0464. The number of nitrogens with one attached hydrogen (secondary N) is 2. The number of anilines is 1. The van der Waals surface area contributed by atoms with Crippen LogP contribution < -0.4 is 10.9 Å². The van der Waals surface area contributed by atoms with E-state index in [-0.39, 0.29) is 11.6 Å². The van der Waals surface area contributed by atoms with Gasteiger partial charge in [-0.25, -0.2) is 9.98 Å². The van der Waals surface area contributed by atoms with Crippen molar-refractivity contribution >= 4 is 23.1 Å². The average molecular weight is 345 g/mol. The van der Waals surface area contributed by atoms with E-state index in [0.29, 0.717) is 5.96 Å². The number of H-pyrrole nitrogens is 1. The van der Waals surface area contributed by atoms with Crippen LogP contribution in [0.3, 0.4) is 0 Å². The molecule has 0 aliphatic carbocycles. The Morgan fingerprint density at radius 2 is 2.00 bits per heavy atom. The Hall–Kier alpha value is -3.28. The second kappa shape index (κ2) is 6.92. The van der Waals surface area contributed by atoms with Crippen LogP contribution in [-0.4, -0.2) is 28.4 Å². The van der Waals surface area contributed by atoms with Crippen LogP contribution in [0.1, 0.15) is 24.0 Å². The smallest absolute Gasteiger partial charge is 0.247 e. The van der Waals surface area contributed by atoms with Crippen LogP contribution in [0.5, 0.6) is 0 Å². The Kier molecular flexibility index (Phi) is 4.31. The van der Waals surface area contributed by atoms with Gasteiger partial charge < -0.3 is 10.3 Å². The summed E-state index contributed by atoms with van der Waals surface area (Å²) in [4.78, 5) is 28.1. The van der Waals surface area contributed by atoms with Crippen molar-refractivity contribution in [2.75, 3.05) is 5.32 Å². The molecule has 0 amide bonds. The van der Waals surface area contributed by atoms with E-state index in [1.807, 2.05) is 30.3 Å². The molecule has 0 spiro atoms. The third-order valence-corrected chi connectivity index (χ3v) is 4.36. The first-order valence-corrected chi connectivity index (χ1v) is 8.60. The van der Waals surface area contributed by atoms with Crippen LogP contribution in [-0.2, 0) is 0 Å². The Morgan fingerprint density at radius 3 is 2.77 bits per heavy atom. The standard InChI is InChI=1S/C20H19N5O/c1-13-2-5-15(6-3-13)23-20-24-16-7-8-17(25-20)19(21-11-10-16)14-4-9-18(26)22-12-14/h2-6,9-12,16H,7-8H2,1H3,(H,22,26)(H,23,24). The lowest BCUT2D eigenvalue weighted by molar-refractivity contribution is 0.755. The molecule has 2 aromatic rings. The van der Waals surface area contributed by atoms with Crippen LogP contribution in [0, 0.1) is 6.92 Å². The monoisotopic (exact) mass is 345 g/mol. The largest absolute Gasteiger partial charge is 0.328 e. The van der Waals surface area contributed by atoms with Crippen molar-refractivity contribution in [3.05, 3.63) is 76.4 Å². The van der Waals surface area contributed by atoms with Gasteiger partial charge in [0.2, 0.25) is 11.5 Å². The van der Waals surface area contributed by atoms with Gasteiger partial charge in [0.1, 0.15) is 0 Å². The molecule has 130 valence electrons. The predicted molar refractivity (Wildman–Crippen MR) is 105 cm³/mol. The van der Waals surface area contributed by atoms with Gasteiger partial charge >= 0.3 is 0 Å². The minimum atomic E-state index is -0.137. The lowest BCUT2D eigenvalue weighted by Gasteiger charge is -2.11. The highest BCUT2D eigenvalue weighted by molar-refractivity contribution is 6.49. The third-order valence-electron chi connectivity index (χ3n) is 4.36. The number of nitrogens with zero attached hydrogens (tertiary/aromatic N) is 3. The number of hydrogen-bond acceptors (Lipinski definition) is 5. The quantitative estimate of drug-likeness (QED) is 0.877. The Labute approximate surface area is 151 Å². The van der Waals surface area contributed by atoms with Crippen LogP contribution in [0.15, 0.2) is 74.6 Å². The van der Waals surface area contributed by atoms with E-state index >= 15 is 0 Å². The van der Waals surface area contributed by atoms with Crippen molar-refractivity contribution in [1.82, 2.24) is 4.98 Å². The summed E-state index contributed by atoms with van der Waals surface area (Å²) >= 11 is 0. The minimum Gasteiger partial charge on any atom is -0.328 e. The van der Waals surface area contributed by atoms with Gasteiger partial charge in [-0.1, -0.05) is 17.7 Å². The van der Waals surface area contributed by atoms with Gasteiger partial charge in [0.25, 0.3) is 0 Å². The van der Waals surface area contributed by atoms with Crippen LogP contribution in [0.4, 0.5) is 5.69 Å². The molecule has 1 atom stereocenters. The summed E-state index contributed by atoms with van der Waals surface area (Å²) in [6.45, 7) is 2.06. The molecule has 2 aliphatic heterocycles. The highest BCUT2D eigenvalue weighted by atomic mass is 16.1. The van der Waals surface area contributed by atoms with Gasteiger partial charge in [0.15, 0.2) is 0 Å². The Balaban J connectivity index is 1.71. The summed E-state index contributed by atoms with van der Waals surface area (Å²) in [6, 6.07) is 11.4. The maximum atomic E-state index is 11.4. The summed E-state index contributed by atoms with van der Waals surface area (Å²) in [6.07, 6.45) is 7.08. The maximum absolute atomic E-state index is 11.4. The molecule has 0 saturated heterocycles. The zero-order valence-electron chi connectivity index (χ0n) is 14.4. The van der Waals surface area contributed by atoms with Gasteiger partial charge in [-0.2, -0.15) is 0 Å². The number of rotatable bonds is 2. The van der Waals surface area contributed by atoms with E-state index in [0.717, 1.165) is 35.5 Å². The Bertz CT molecular complexity index is 975. The molecular formula is C20H19N5O. The van der Waals surface area contributed by atoms with Crippen LogP contribution in [0.25, 0.3) is 0 Å². The molecular weight excluding hydrogens is 326 g/mol. The number of pyridine rings is 1. The first kappa shape index (κ1) is 16.2. The SMILES string of the molecule is Cc1ccc(NC2=NC3C=CN=C(c4ccc(=O)[nH]c4)C(=N2)CC3)cc1. The molecule has 4 rings (SSSR count). The highest BCUT2D eigenvalue weighted by Crippen LogP contribution is 2.18. The molecule has 1 aromatic heterocycles. The summed E-state index contributed by atoms with van der Waals surface area (Å²) in [7, 11) is 0. The number of guanidine groups is 1. The molecule has 2 bridgehead atoms. The van der Waals surface area contributed by atoms with Gasteiger partial charge in [-0.3, -0.25) is 9.79 Å². The van der Waals surface area contributed by atoms with Gasteiger partial charge in [-0.05, 0) is 44.0 Å². The molecule has 3 heterocycles. The number of hydrogen-bond donors (Lipinski definition) is 2. The highest BCUT2D eigenvalue weighted by Gasteiger charge is 2.20. The summed E-state index contributed by atoms with van der Waals surface area (Å²) in [5.74, 6) is 0.579. The van der Waals surface area contributed by atoms with Gasteiger partial charge in [0.05, 0.1) is 17.5 Å². The van der Waals surface area contributed by atoms with E-state index in [1.54, 1.807) is 18.5 Å². The predicted octanol–water partition coefficient (Wildman–Crippen LogP) is 3.07. The van der Waals surface area contributed by atoms with E-state index in [2.05, 4.69) is 22.2 Å². The van der Waals surface area contributed by atoms with Crippen molar-refractivity contribution in [3.63, 3.8) is 0 Å². The van der Waals surface area contributed by atoms with E-state index < -0.39 is 0 Å². The molecule has 6 nitrogen and oxygen atoms in total. The number of aromatic amines is 1. The summed E-state index contributed by atoms with van der Waals surface area (Å²) in [5.41, 5.74) is 4.47. The average Bonchev–Trinajstić information content (AvgIpc) is 2.77. The van der Waals surface area contributed by atoms with Crippen molar-refractivity contribution in [2.24, 2.45) is 15.0 Å². The molecule has 26 heavy (non-hydrogen) atoms. The number of benzene rings is 1. The molecule has 0 fully saturated rings. The molecule has 1 unspecified atom stereocenters. The van der Waals surface area contributed by atoms with Crippen molar-refractivity contribution in [2.45, 2.75) is 25.8 Å². The van der Waals surface area contributed by atoms with Gasteiger partial charge in [-0.15, -0.1) is 0 Å². The van der Waals surface area contributed by atoms with Crippen LogP contribution in [0.2, 0.25) is 0 Å². The van der Waals surface area contributed by atoms with Gasteiger partial charge in [0, 0.05) is 29.7 Å². The first-order chi connectivity index (χ1) is 12.7. The first-order valence-electron chi connectivity index (χ1n) is 8.60. The van der Waals surface area contributed by atoms with E-state index in [1.165, 1.54) is 11.6 Å². The number of aryl methyl sites for hydroxylation is 1. The number of aliphatic imine (C=N–C) groups is 3. The molecule has 0 saturated carbocycles. The number of fused-ring (bicyclic) bond motifs is 3. The molecule has 1 aromatic carbocycles.